The Bertz CT molecular complexity index is 1330. The molecule has 1 aliphatic heterocycles. The van der Waals surface area contributed by atoms with Crippen LogP contribution >= 0.6 is 0 Å². The Balaban J connectivity index is 1.72. The van der Waals surface area contributed by atoms with E-state index >= 15 is 0 Å². The van der Waals surface area contributed by atoms with Gasteiger partial charge < -0.3 is 8.98 Å². The van der Waals surface area contributed by atoms with E-state index in [1.54, 1.807) is 31.2 Å². The van der Waals surface area contributed by atoms with Crippen molar-refractivity contribution in [2.75, 3.05) is 0 Å². The molecule has 0 unspecified atom stereocenters. The van der Waals surface area contributed by atoms with Gasteiger partial charge in [0.15, 0.2) is 0 Å². The van der Waals surface area contributed by atoms with E-state index in [-0.39, 0.29) is 17.8 Å². The van der Waals surface area contributed by atoms with Crippen LogP contribution in [-0.4, -0.2) is 32.2 Å². The molecule has 3 aromatic rings. The molecule has 1 saturated heterocycles. The molecule has 4 amide bonds. The summed E-state index contributed by atoms with van der Waals surface area (Å²) in [4.78, 5) is 49.2. The van der Waals surface area contributed by atoms with Crippen molar-refractivity contribution in [2.24, 2.45) is 0 Å². The number of nitro groups is 1. The van der Waals surface area contributed by atoms with Crippen molar-refractivity contribution in [1.82, 2.24) is 14.8 Å². The van der Waals surface area contributed by atoms with E-state index in [2.05, 4.69) is 5.32 Å². The molecular formula is C23H20N4O6. The monoisotopic (exact) mass is 448 g/mol. The number of nitrogens with one attached hydrogen (secondary N) is 1. The lowest BCUT2D eigenvalue weighted by molar-refractivity contribution is -0.384. The molecule has 4 rings (SSSR count). The molecule has 1 fully saturated rings. The topological polar surface area (TPSA) is 128 Å². The van der Waals surface area contributed by atoms with Gasteiger partial charge in [-0.15, -0.1) is 0 Å². The molecule has 3 heterocycles. The van der Waals surface area contributed by atoms with Gasteiger partial charge in [0.25, 0.3) is 17.5 Å². The number of furan rings is 1. The van der Waals surface area contributed by atoms with Gasteiger partial charge in [-0.05, 0) is 62.2 Å². The summed E-state index contributed by atoms with van der Waals surface area (Å²) in [7, 11) is 0. The van der Waals surface area contributed by atoms with Crippen molar-refractivity contribution >= 4 is 29.6 Å². The highest BCUT2D eigenvalue weighted by molar-refractivity contribution is 6.31. The van der Waals surface area contributed by atoms with Crippen LogP contribution in [0.4, 0.5) is 10.5 Å². The van der Waals surface area contributed by atoms with Crippen LogP contribution in [0.3, 0.4) is 0 Å². The number of carbonyl (C=O) groups is 3. The highest BCUT2D eigenvalue weighted by atomic mass is 16.6. The van der Waals surface area contributed by atoms with E-state index in [4.69, 9.17) is 4.42 Å². The fourth-order valence-corrected chi connectivity index (χ4v) is 3.86. The molecule has 0 radical (unpaired) electrons. The minimum absolute atomic E-state index is 0.00755. The van der Waals surface area contributed by atoms with Crippen LogP contribution in [0.25, 0.3) is 11.8 Å². The van der Waals surface area contributed by atoms with Crippen molar-refractivity contribution in [3.8, 4) is 5.69 Å². The Labute approximate surface area is 188 Å². The number of hydrogen-bond donors (Lipinski definition) is 1. The van der Waals surface area contributed by atoms with E-state index in [1.807, 2.05) is 18.4 Å². The Morgan fingerprint density at radius 1 is 1.12 bits per heavy atom. The van der Waals surface area contributed by atoms with Crippen molar-refractivity contribution < 1.29 is 23.7 Å². The average Bonchev–Trinajstić information content (AvgIpc) is 3.36. The first-order chi connectivity index (χ1) is 15.7. The van der Waals surface area contributed by atoms with Gasteiger partial charge in [0.1, 0.15) is 11.3 Å². The highest BCUT2D eigenvalue weighted by Crippen LogP contribution is 2.28. The molecule has 1 N–H and O–H groups in total. The molecule has 168 valence electrons. The van der Waals surface area contributed by atoms with E-state index in [0.717, 1.165) is 22.0 Å². The fraction of sp³-hybridized carbons (Fsp3) is 0.174. The zero-order chi connectivity index (χ0) is 23.9. The predicted octanol–water partition coefficient (Wildman–Crippen LogP) is 3.57. The van der Waals surface area contributed by atoms with Gasteiger partial charge in [0.2, 0.25) is 0 Å². The van der Waals surface area contributed by atoms with Gasteiger partial charge in [0.05, 0.1) is 17.7 Å². The third kappa shape index (κ3) is 3.93. The number of urea groups is 1. The number of non-ortho nitro benzene ring substituents is 1. The molecule has 10 heteroatoms. The van der Waals surface area contributed by atoms with Gasteiger partial charge in [-0.25, -0.2) is 4.79 Å². The number of hydrogen-bond acceptors (Lipinski definition) is 6. The standard InChI is InChI=1S/C23H20N4O6/c1-13-9-17(27(31)32)6-7-20(13)26-14(2)10-16(15(26)3)11-19-21(28)24-23(30)25(22(19)29)12-18-5-4-8-33-18/h4-11H,12H2,1-3H3,(H,24,28,30)/b19-11-. The maximum atomic E-state index is 13.0. The number of aryl methyl sites for hydroxylation is 2. The summed E-state index contributed by atoms with van der Waals surface area (Å²) in [5.41, 5.74) is 3.40. The molecule has 0 saturated carbocycles. The SMILES string of the molecule is Cc1cc([N+](=O)[O-])ccc1-n1c(C)cc(/C=C2/C(=O)NC(=O)N(Cc3ccco3)C2=O)c1C. The second-order valence-electron chi connectivity index (χ2n) is 7.68. The number of aromatic nitrogens is 1. The van der Waals surface area contributed by atoms with E-state index in [0.29, 0.717) is 16.9 Å². The van der Waals surface area contributed by atoms with E-state index in [1.165, 1.54) is 24.5 Å². The van der Waals surface area contributed by atoms with Crippen molar-refractivity contribution in [2.45, 2.75) is 27.3 Å². The Morgan fingerprint density at radius 3 is 2.52 bits per heavy atom. The van der Waals surface area contributed by atoms with Crippen molar-refractivity contribution in [3.05, 3.63) is 86.6 Å². The first-order valence-electron chi connectivity index (χ1n) is 10.0. The Kier molecular flexibility index (Phi) is 5.42. The summed E-state index contributed by atoms with van der Waals surface area (Å²) < 4.78 is 7.10. The summed E-state index contributed by atoms with van der Waals surface area (Å²) in [6.07, 6.45) is 2.87. The number of nitrogens with zero attached hydrogens (tertiary/aromatic N) is 3. The first-order valence-corrected chi connectivity index (χ1v) is 10.0. The lowest BCUT2D eigenvalue weighted by Crippen LogP contribution is -2.53. The quantitative estimate of drug-likeness (QED) is 0.275. The third-order valence-corrected chi connectivity index (χ3v) is 5.48. The summed E-state index contributed by atoms with van der Waals surface area (Å²) in [6, 6.07) is 8.83. The lowest BCUT2D eigenvalue weighted by atomic mass is 10.1. The maximum absolute atomic E-state index is 13.0. The molecule has 0 aliphatic carbocycles. The third-order valence-electron chi connectivity index (χ3n) is 5.48. The minimum Gasteiger partial charge on any atom is -0.467 e. The molecule has 10 nitrogen and oxygen atoms in total. The van der Waals surface area contributed by atoms with E-state index in [9.17, 15) is 24.5 Å². The predicted molar refractivity (Wildman–Crippen MR) is 117 cm³/mol. The van der Waals surface area contributed by atoms with Gasteiger partial charge in [-0.3, -0.25) is 29.9 Å². The smallest absolute Gasteiger partial charge is 0.331 e. The number of carbonyl (C=O) groups excluding carboxylic acids is 3. The van der Waals surface area contributed by atoms with Gasteiger partial charge in [0, 0.05) is 29.2 Å². The largest absolute Gasteiger partial charge is 0.467 e. The fourth-order valence-electron chi connectivity index (χ4n) is 3.86. The maximum Gasteiger partial charge on any atom is 0.331 e. The molecule has 2 aromatic heterocycles. The summed E-state index contributed by atoms with van der Waals surface area (Å²) in [6.45, 7) is 5.33. The second kappa shape index (κ2) is 8.23. The number of benzene rings is 1. The van der Waals surface area contributed by atoms with Crippen LogP contribution in [0.1, 0.15) is 28.3 Å². The number of barbiturate groups is 1. The van der Waals surface area contributed by atoms with Crippen LogP contribution in [0.15, 0.2) is 52.7 Å². The van der Waals surface area contributed by atoms with Crippen LogP contribution < -0.4 is 5.32 Å². The molecule has 0 spiro atoms. The highest BCUT2D eigenvalue weighted by Gasteiger charge is 2.36. The molecule has 0 atom stereocenters. The summed E-state index contributed by atoms with van der Waals surface area (Å²) >= 11 is 0. The molecule has 0 bridgehead atoms. The van der Waals surface area contributed by atoms with E-state index < -0.39 is 22.8 Å². The van der Waals surface area contributed by atoms with Gasteiger partial charge >= 0.3 is 6.03 Å². The number of imide groups is 2. The molecule has 1 aliphatic rings. The first kappa shape index (κ1) is 21.8. The molecule has 33 heavy (non-hydrogen) atoms. The lowest BCUT2D eigenvalue weighted by Gasteiger charge is -2.25. The number of rotatable bonds is 5. The van der Waals surface area contributed by atoms with Crippen LogP contribution in [0.5, 0.6) is 0 Å². The number of nitro benzene ring substituents is 1. The summed E-state index contributed by atoms with van der Waals surface area (Å²) in [5.74, 6) is -1.10. The van der Waals surface area contributed by atoms with Gasteiger partial charge in [-0.2, -0.15) is 0 Å². The average molecular weight is 448 g/mol. The Hall–Kier alpha value is -4.47. The zero-order valence-corrected chi connectivity index (χ0v) is 18.1. The summed E-state index contributed by atoms with van der Waals surface area (Å²) in [5, 5.41) is 13.2. The minimum atomic E-state index is -0.814. The van der Waals surface area contributed by atoms with Crippen LogP contribution in [0, 0.1) is 30.9 Å². The molecular weight excluding hydrogens is 428 g/mol. The normalized spacial score (nSPS) is 15.3. The van der Waals surface area contributed by atoms with Crippen LogP contribution in [0.2, 0.25) is 0 Å². The Morgan fingerprint density at radius 2 is 1.88 bits per heavy atom. The van der Waals surface area contributed by atoms with Crippen LogP contribution in [-0.2, 0) is 16.1 Å². The number of amides is 4. The van der Waals surface area contributed by atoms with Crippen molar-refractivity contribution in [1.29, 1.82) is 0 Å². The van der Waals surface area contributed by atoms with Crippen molar-refractivity contribution in [3.63, 3.8) is 0 Å². The van der Waals surface area contributed by atoms with Gasteiger partial charge in [-0.1, -0.05) is 0 Å². The molecule has 1 aromatic carbocycles. The second-order valence-corrected chi connectivity index (χ2v) is 7.68. The zero-order valence-electron chi connectivity index (χ0n) is 18.1.